The molecular weight excluding hydrogens is 294 g/mol. The van der Waals surface area contributed by atoms with Crippen LogP contribution in [0.1, 0.15) is 27.7 Å². The molecule has 1 amide bonds. The van der Waals surface area contributed by atoms with Crippen molar-refractivity contribution >= 4 is 18.0 Å². The minimum absolute atomic E-state index is 0.164. The Kier molecular flexibility index (Phi) is 5.76. The van der Waals surface area contributed by atoms with Gasteiger partial charge in [-0.05, 0) is 27.7 Å². The number of esters is 1. The highest BCUT2D eigenvalue weighted by molar-refractivity contribution is 5.84. The average Bonchev–Trinajstić information content (AvgIpc) is 3.07. The normalized spacial score (nSPS) is 25.0. The molecule has 1 fully saturated rings. The molecule has 0 aromatic rings. The molecule has 1 aliphatic rings. The second-order valence-corrected chi connectivity index (χ2v) is 6.16. The molecule has 0 heterocycles. The Hall–Kier alpha value is -1.83. The molecule has 0 aromatic carbocycles. The van der Waals surface area contributed by atoms with Gasteiger partial charge in [0.25, 0.3) is 0 Å². The first-order valence-electron chi connectivity index (χ1n) is 7.12. The summed E-state index contributed by atoms with van der Waals surface area (Å²) in [5, 5.41) is 20.8. The third kappa shape index (κ3) is 4.59. The van der Waals surface area contributed by atoms with Gasteiger partial charge in [-0.25, -0.2) is 9.59 Å². The highest BCUT2D eigenvalue weighted by Gasteiger charge is 2.61. The molecule has 0 unspecified atom stereocenters. The third-order valence-corrected chi connectivity index (χ3v) is 3.32. The molecule has 8 nitrogen and oxygen atoms in total. The Labute approximate surface area is 128 Å². The Balaban J connectivity index is 2.77. The maximum atomic E-state index is 11.8. The second kappa shape index (κ2) is 6.95. The number of carboxylic acids is 1. The zero-order valence-electron chi connectivity index (χ0n) is 13.2. The Morgan fingerprint density at radius 3 is 2.27 bits per heavy atom. The van der Waals surface area contributed by atoms with Gasteiger partial charge in [0, 0.05) is 18.4 Å². The number of hydrogen-bond donors (Lipinski definition) is 3. The van der Waals surface area contributed by atoms with E-state index in [9.17, 15) is 24.6 Å². The third-order valence-electron chi connectivity index (χ3n) is 3.32. The average molecular weight is 317 g/mol. The maximum absolute atomic E-state index is 11.8. The van der Waals surface area contributed by atoms with Crippen molar-refractivity contribution in [2.45, 2.75) is 39.3 Å². The molecule has 0 aliphatic heterocycles. The Morgan fingerprint density at radius 2 is 1.86 bits per heavy atom. The largest absolute Gasteiger partial charge is 0.480 e. The van der Waals surface area contributed by atoms with Crippen LogP contribution in [0.4, 0.5) is 4.79 Å². The van der Waals surface area contributed by atoms with Crippen molar-refractivity contribution in [3.8, 4) is 0 Å². The van der Waals surface area contributed by atoms with Gasteiger partial charge in [0.05, 0.1) is 12.5 Å². The monoisotopic (exact) mass is 317 g/mol. The Morgan fingerprint density at radius 1 is 1.27 bits per heavy atom. The van der Waals surface area contributed by atoms with Crippen molar-refractivity contribution in [1.29, 1.82) is 0 Å². The fourth-order valence-electron chi connectivity index (χ4n) is 2.42. The van der Waals surface area contributed by atoms with E-state index in [1.165, 1.54) is 0 Å². The van der Waals surface area contributed by atoms with E-state index in [0.717, 1.165) is 0 Å². The number of nitrogens with one attached hydrogen (secondary N) is 1. The van der Waals surface area contributed by atoms with Crippen molar-refractivity contribution in [3.63, 3.8) is 0 Å². The number of rotatable bonds is 6. The number of carbonyl (C=O) groups is 3. The van der Waals surface area contributed by atoms with E-state index in [1.807, 2.05) is 0 Å². The molecule has 0 radical (unpaired) electrons. The van der Waals surface area contributed by atoms with Crippen LogP contribution in [0.5, 0.6) is 0 Å². The van der Waals surface area contributed by atoms with Crippen LogP contribution >= 0.6 is 0 Å². The molecule has 0 spiro atoms. The van der Waals surface area contributed by atoms with Crippen LogP contribution in [0.15, 0.2) is 0 Å². The smallest absolute Gasteiger partial charge is 0.408 e. The zero-order valence-corrected chi connectivity index (χ0v) is 13.2. The first-order chi connectivity index (χ1) is 10.1. The van der Waals surface area contributed by atoms with E-state index in [1.54, 1.807) is 27.7 Å². The number of hydrogen-bond acceptors (Lipinski definition) is 6. The highest BCUT2D eigenvalue weighted by Crippen LogP contribution is 2.49. The first kappa shape index (κ1) is 18.2. The zero-order chi connectivity index (χ0) is 17.1. The molecular formula is C14H23NO7. The van der Waals surface area contributed by atoms with Crippen LogP contribution in [0.25, 0.3) is 0 Å². The molecule has 0 saturated heterocycles. The number of ether oxygens (including phenoxy) is 2. The Bertz CT molecular complexity index is 443. The van der Waals surface area contributed by atoms with Gasteiger partial charge in [-0.1, -0.05) is 0 Å². The summed E-state index contributed by atoms with van der Waals surface area (Å²) in [7, 11) is 0. The minimum Gasteiger partial charge on any atom is -0.480 e. The molecule has 3 N–H and O–H groups in total. The van der Waals surface area contributed by atoms with Gasteiger partial charge in [-0.15, -0.1) is 0 Å². The van der Waals surface area contributed by atoms with Gasteiger partial charge in [-0.2, -0.15) is 0 Å². The van der Waals surface area contributed by atoms with E-state index in [2.05, 4.69) is 5.32 Å². The van der Waals surface area contributed by atoms with E-state index in [-0.39, 0.29) is 13.2 Å². The van der Waals surface area contributed by atoms with Crippen molar-refractivity contribution < 1.29 is 34.1 Å². The summed E-state index contributed by atoms with van der Waals surface area (Å²) in [5.74, 6) is -3.85. The van der Waals surface area contributed by atoms with Crippen LogP contribution in [0.3, 0.4) is 0 Å². The lowest BCUT2D eigenvalue weighted by Crippen LogP contribution is -2.45. The fraction of sp³-hybridized carbons (Fsp3) is 0.786. The van der Waals surface area contributed by atoms with Crippen molar-refractivity contribution in [1.82, 2.24) is 5.32 Å². The lowest BCUT2D eigenvalue weighted by Gasteiger charge is -2.22. The number of aliphatic hydroxyl groups is 1. The molecule has 126 valence electrons. The molecule has 4 atom stereocenters. The summed E-state index contributed by atoms with van der Waals surface area (Å²) in [6.07, 6.45) is -0.883. The summed E-state index contributed by atoms with van der Waals surface area (Å²) in [5.41, 5.74) is -0.770. The lowest BCUT2D eigenvalue weighted by atomic mass is 10.1. The molecule has 0 bridgehead atoms. The number of aliphatic carboxylic acids is 1. The van der Waals surface area contributed by atoms with Crippen LogP contribution in [-0.2, 0) is 19.1 Å². The van der Waals surface area contributed by atoms with Gasteiger partial charge < -0.3 is 25.0 Å². The number of carbonyl (C=O) groups excluding carboxylic acids is 2. The molecule has 22 heavy (non-hydrogen) atoms. The number of carboxylic acid groups (broad SMARTS) is 1. The quantitative estimate of drug-likeness (QED) is 0.605. The fourth-order valence-corrected chi connectivity index (χ4v) is 2.42. The van der Waals surface area contributed by atoms with Crippen LogP contribution in [-0.4, -0.2) is 53.1 Å². The summed E-state index contributed by atoms with van der Waals surface area (Å²) in [6.45, 7) is 6.40. The van der Waals surface area contributed by atoms with E-state index >= 15 is 0 Å². The van der Waals surface area contributed by atoms with E-state index in [4.69, 9.17) is 9.47 Å². The maximum Gasteiger partial charge on any atom is 0.408 e. The van der Waals surface area contributed by atoms with E-state index < -0.39 is 47.4 Å². The van der Waals surface area contributed by atoms with Gasteiger partial charge in [0.2, 0.25) is 0 Å². The minimum atomic E-state index is -1.32. The second-order valence-electron chi connectivity index (χ2n) is 6.16. The van der Waals surface area contributed by atoms with Crippen molar-refractivity contribution in [3.05, 3.63) is 0 Å². The molecule has 1 rings (SSSR count). The SMILES string of the molecule is CCOC(=O)[C@H]1[C@H](CO)[C@@H]1[C@H](NC(=O)OC(C)(C)C)C(=O)O. The predicted octanol–water partition coefficient (Wildman–Crippen LogP) is 0.382. The molecule has 0 aromatic heterocycles. The first-order valence-corrected chi connectivity index (χ1v) is 7.12. The molecule has 1 saturated carbocycles. The molecule has 8 heteroatoms. The standard InChI is InChI=1S/C14H23NO7/c1-5-21-12(19)9-7(6-16)8(9)10(11(17)18)15-13(20)22-14(2,3)4/h7-10,16H,5-6H2,1-4H3,(H,15,20)(H,17,18)/t7-,8+,9+,10+/m1/s1. The van der Waals surface area contributed by atoms with Crippen LogP contribution < -0.4 is 5.32 Å². The number of alkyl carbamates (subject to hydrolysis) is 1. The van der Waals surface area contributed by atoms with Crippen LogP contribution in [0.2, 0.25) is 0 Å². The lowest BCUT2D eigenvalue weighted by molar-refractivity contribution is -0.146. The summed E-state index contributed by atoms with van der Waals surface area (Å²) in [6, 6.07) is -1.32. The van der Waals surface area contributed by atoms with E-state index in [0.29, 0.717) is 0 Å². The topological polar surface area (TPSA) is 122 Å². The summed E-state index contributed by atoms with van der Waals surface area (Å²) < 4.78 is 9.87. The highest BCUT2D eigenvalue weighted by atomic mass is 16.6. The van der Waals surface area contributed by atoms with Gasteiger partial charge in [0.1, 0.15) is 11.6 Å². The number of amides is 1. The summed E-state index contributed by atoms with van der Waals surface area (Å²) in [4.78, 5) is 34.8. The predicted molar refractivity (Wildman–Crippen MR) is 75.0 cm³/mol. The number of aliphatic hydroxyl groups excluding tert-OH is 1. The molecule has 1 aliphatic carbocycles. The van der Waals surface area contributed by atoms with Crippen molar-refractivity contribution in [2.75, 3.05) is 13.2 Å². The summed E-state index contributed by atoms with van der Waals surface area (Å²) >= 11 is 0. The van der Waals surface area contributed by atoms with Crippen LogP contribution in [0, 0.1) is 17.8 Å². The van der Waals surface area contributed by atoms with Gasteiger partial charge >= 0.3 is 18.0 Å². The van der Waals surface area contributed by atoms with Gasteiger partial charge in [-0.3, -0.25) is 4.79 Å². The van der Waals surface area contributed by atoms with Crippen molar-refractivity contribution in [2.24, 2.45) is 17.8 Å². The van der Waals surface area contributed by atoms with Gasteiger partial charge in [0.15, 0.2) is 0 Å².